The van der Waals surface area contributed by atoms with Crippen LogP contribution in [0.25, 0.3) is 21.1 Å². The lowest BCUT2D eigenvalue weighted by molar-refractivity contribution is 0.883. The minimum Gasteiger partial charge on any atom is -0.341 e. The van der Waals surface area contributed by atoms with E-state index in [1.165, 1.54) is 10.6 Å². The Hall–Kier alpha value is -1.58. The van der Waals surface area contributed by atoms with Crippen molar-refractivity contribution in [1.82, 2.24) is 9.97 Å². The maximum absolute atomic E-state index is 6.27. The predicted molar refractivity (Wildman–Crippen MR) is 91.1 cm³/mol. The van der Waals surface area contributed by atoms with Crippen LogP contribution in [0.4, 0.5) is 0 Å². The first kappa shape index (κ1) is 14.4. The van der Waals surface area contributed by atoms with Gasteiger partial charge in [-0.05, 0) is 31.5 Å². The molecule has 0 radical (unpaired) electrons. The molecular weight excluding hydrogens is 300 g/mol. The van der Waals surface area contributed by atoms with Gasteiger partial charge in [-0.2, -0.15) is 0 Å². The van der Waals surface area contributed by atoms with Gasteiger partial charge >= 0.3 is 0 Å². The van der Waals surface area contributed by atoms with Crippen LogP contribution in [0.3, 0.4) is 0 Å². The van der Waals surface area contributed by atoms with Crippen molar-refractivity contribution >= 4 is 22.9 Å². The summed E-state index contributed by atoms with van der Waals surface area (Å²) in [6.45, 7) is 4.24. The molecular formula is C17H17ClN2S. The van der Waals surface area contributed by atoms with Gasteiger partial charge in [0, 0.05) is 21.2 Å². The highest BCUT2D eigenvalue weighted by molar-refractivity contribution is 7.18. The van der Waals surface area contributed by atoms with Crippen molar-refractivity contribution in [3.63, 3.8) is 0 Å². The van der Waals surface area contributed by atoms with Crippen LogP contribution in [0.15, 0.2) is 36.4 Å². The molecule has 0 aliphatic rings. The van der Waals surface area contributed by atoms with Crippen LogP contribution in [-0.4, -0.2) is 9.97 Å². The van der Waals surface area contributed by atoms with E-state index in [-0.39, 0.29) is 0 Å². The van der Waals surface area contributed by atoms with Crippen molar-refractivity contribution in [2.24, 2.45) is 0 Å². The van der Waals surface area contributed by atoms with Gasteiger partial charge in [0.25, 0.3) is 0 Å². The summed E-state index contributed by atoms with van der Waals surface area (Å²) in [5.74, 6) is 0.958. The molecule has 0 unspecified atom stereocenters. The lowest BCUT2D eigenvalue weighted by atomic mass is 10.2. The number of halogens is 1. The van der Waals surface area contributed by atoms with Gasteiger partial charge in [-0.25, -0.2) is 4.98 Å². The second-order valence-electron chi connectivity index (χ2n) is 5.04. The minimum absolute atomic E-state index is 0.785. The molecule has 0 amide bonds. The van der Waals surface area contributed by atoms with E-state index in [1.54, 1.807) is 11.3 Å². The highest BCUT2D eigenvalue weighted by Crippen LogP contribution is 2.36. The molecule has 1 N–H and O–H groups in total. The van der Waals surface area contributed by atoms with Crippen LogP contribution in [0.1, 0.15) is 24.7 Å². The van der Waals surface area contributed by atoms with Crippen molar-refractivity contribution in [2.75, 3.05) is 0 Å². The Bertz CT molecular complexity index is 758. The van der Waals surface area contributed by atoms with E-state index in [9.17, 15) is 0 Å². The van der Waals surface area contributed by atoms with Crippen molar-refractivity contribution in [1.29, 1.82) is 0 Å². The normalized spacial score (nSPS) is 11.0. The molecule has 108 valence electrons. The smallest absolute Gasteiger partial charge is 0.147 e. The number of aromatic nitrogens is 2. The van der Waals surface area contributed by atoms with E-state index in [0.717, 1.165) is 39.8 Å². The van der Waals surface area contributed by atoms with Crippen molar-refractivity contribution in [3.8, 4) is 21.1 Å². The van der Waals surface area contributed by atoms with Crippen LogP contribution in [-0.2, 0) is 6.42 Å². The van der Waals surface area contributed by atoms with Crippen LogP contribution in [0, 0.1) is 6.92 Å². The number of aryl methyl sites for hydroxylation is 2. The molecule has 0 aliphatic carbocycles. The van der Waals surface area contributed by atoms with Gasteiger partial charge in [0.05, 0.1) is 10.6 Å². The zero-order valence-electron chi connectivity index (χ0n) is 12.1. The van der Waals surface area contributed by atoms with Crippen LogP contribution in [0.2, 0.25) is 5.02 Å². The van der Waals surface area contributed by atoms with Gasteiger partial charge in [-0.1, -0.05) is 43.1 Å². The average Bonchev–Trinajstić information content (AvgIpc) is 3.08. The average molecular weight is 317 g/mol. The number of benzene rings is 1. The van der Waals surface area contributed by atoms with Crippen molar-refractivity contribution in [2.45, 2.75) is 26.7 Å². The Balaban J connectivity index is 1.95. The second kappa shape index (κ2) is 6.04. The number of imidazole rings is 1. The fourth-order valence-corrected chi connectivity index (χ4v) is 3.66. The van der Waals surface area contributed by atoms with Gasteiger partial charge in [0.2, 0.25) is 0 Å². The van der Waals surface area contributed by atoms with E-state index in [4.69, 9.17) is 11.6 Å². The van der Waals surface area contributed by atoms with E-state index < -0.39 is 0 Å². The number of thiophene rings is 1. The number of nitrogens with one attached hydrogen (secondary N) is 1. The van der Waals surface area contributed by atoms with Gasteiger partial charge in [0.15, 0.2) is 0 Å². The quantitative estimate of drug-likeness (QED) is 0.655. The Morgan fingerprint density at radius 3 is 2.67 bits per heavy atom. The summed E-state index contributed by atoms with van der Waals surface area (Å²) in [5.41, 5.74) is 3.41. The fraction of sp³-hybridized carbons (Fsp3) is 0.235. The Kier molecular flexibility index (Phi) is 4.13. The van der Waals surface area contributed by atoms with E-state index in [0.29, 0.717) is 0 Å². The SMILES string of the molecule is CCCc1[nH]c(-c2ccc(-c3ccccc3Cl)s2)nc1C. The maximum atomic E-state index is 6.27. The van der Waals surface area contributed by atoms with E-state index in [1.807, 2.05) is 24.3 Å². The molecule has 3 aromatic rings. The molecule has 0 saturated heterocycles. The minimum atomic E-state index is 0.785. The molecule has 4 heteroatoms. The highest BCUT2D eigenvalue weighted by atomic mass is 35.5. The number of H-pyrrole nitrogens is 1. The second-order valence-corrected chi connectivity index (χ2v) is 6.53. The van der Waals surface area contributed by atoms with Gasteiger partial charge in [-0.15, -0.1) is 11.3 Å². The molecule has 2 nitrogen and oxygen atoms in total. The summed E-state index contributed by atoms with van der Waals surface area (Å²) >= 11 is 7.98. The molecule has 2 aromatic heterocycles. The molecule has 3 rings (SSSR count). The lowest BCUT2D eigenvalue weighted by Gasteiger charge is -1.99. The molecule has 2 heterocycles. The summed E-state index contributed by atoms with van der Waals surface area (Å²) in [6, 6.07) is 12.2. The third-order valence-electron chi connectivity index (χ3n) is 3.46. The van der Waals surface area contributed by atoms with Crippen molar-refractivity contribution in [3.05, 3.63) is 52.8 Å². The van der Waals surface area contributed by atoms with E-state index >= 15 is 0 Å². The van der Waals surface area contributed by atoms with Crippen molar-refractivity contribution < 1.29 is 0 Å². The Labute approximate surface area is 133 Å². The third kappa shape index (κ3) is 2.89. The van der Waals surface area contributed by atoms with Crippen LogP contribution in [0.5, 0.6) is 0 Å². The number of nitrogens with zero attached hydrogens (tertiary/aromatic N) is 1. The zero-order chi connectivity index (χ0) is 14.8. The van der Waals surface area contributed by atoms with E-state index in [2.05, 4.69) is 35.9 Å². The molecule has 0 spiro atoms. The molecule has 0 atom stereocenters. The summed E-state index contributed by atoms with van der Waals surface area (Å²) in [7, 11) is 0. The number of aromatic amines is 1. The first-order valence-corrected chi connectivity index (χ1v) is 8.29. The standard InChI is InChI=1S/C17H17ClN2S/c1-3-6-14-11(2)19-17(20-14)16-10-9-15(21-16)12-7-4-5-8-13(12)18/h4-5,7-10H,3,6H2,1-2H3,(H,19,20). The number of rotatable bonds is 4. The Morgan fingerprint density at radius 2 is 1.90 bits per heavy atom. The molecule has 0 bridgehead atoms. The largest absolute Gasteiger partial charge is 0.341 e. The molecule has 1 aromatic carbocycles. The molecule has 21 heavy (non-hydrogen) atoms. The third-order valence-corrected chi connectivity index (χ3v) is 4.92. The topological polar surface area (TPSA) is 28.7 Å². The maximum Gasteiger partial charge on any atom is 0.147 e. The summed E-state index contributed by atoms with van der Waals surface area (Å²) in [6.07, 6.45) is 2.17. The monoisotopic (exact) mass is 316 g/mol. The van der Waals surface area contributed by atoms with Crippen LogP contribution < -0.4 is 0 Å². The zero-order valence-corrected chi connectivity index (χ0v) is 13.7. The summed E-state index contributed by atoms with van der Waals surface area (Å²) in [4.78, 5) is 10.4. The Morgan fingerprint density at radius 1 is 1.14 bits per heavy atom. The van der Waals surface area contributed by atoms with Crippen LogP contribution >= 0.6 is 22.9 Å². The van der Waals surface area contributed by atoms with Gasteiger partial charge < -0.3 is 4.98 Å². The van der Waals surface area contributed by atoms with Gasteiger partial charge in [-0.3, -0.25) is 0 Å². The summed E-state index contributed by atoms with van der Waals surface area (Å²) in [5, 5.41) is 0.785. The number of hydrogen-bond acceptors (Lipinski definition) is 2. The first-order chi connectivity index (χ1) is 10.2. The fourth-order valence-electron chi connectivity index (χ4n) is 2.38. The molecule has 0 saturated carbocycles. The van der Waals surface area contributed by atoms with Gasteiger partial charge in [0.1, 0.15) is 5.82 Å². The lowest BCUT2D eigenvalue weighted by Crippen LogP contribution is -1.85. The summed E-state index contributed by atoms with van der Waals surface area (Å²) < 4.78 is 0. The highest BCUT2D eigenvalue weighted by Gasteiger charge is 2.12. The predicted octanol–water partition coefficient (Wildman–Crippen LogP) is 5.72. The molecule has 0 fully saturated rings. The molecule has 0 aliphatic heterocycles. The first-order valence-electron chi connectivity index (χ1n) is 7.09. The number of hydrogen-bond donors (Lipinski definition) is 1.